The number of rotatable bonds is 6. The average molecular weight is 383 g/mol. The SMILES string of the molecule is O=C(NOCc1c[nH]cn1)[C@@H]1CC[C@@H]2CN1C(=O)N2OS(=O)(=O)[O-].[Na+]. The topological polar surface area (TPSA) is 157 Å². The van der Waals surface area contributed by atoms with E-state index in [0.717, 1.165) is 4.90 Å². The van der Waals surface area contributed by atoms with Crippen molar-refractivity contribution >= 4 is 22.3 Å². The second-order valence-electron chi connectivity index (χ2n) is 5.31. The van der Waals surface area contributed by atoms with E-state index in [1.165, 1.54) is 6.33 Å². The molecule has 25 heavy (non-hydrogen) atoms. The van der Waals surface area contributed by atoms with Gasteiger partial charge in [0, 0.05) is 12.7 Å². The van der Waals surface area contributed by atoms with E-state index in [-0.39, 0.29) is 49.1 Å². The van der Waals surface area contributed by atoms with Gasteiger partial charge >= 0.3 is 35.6 Å². The molecule has 2 fully saturated rings. The third-order valence-corrected chi connectivity index (χ3v) is 4.09. The van der Waals surface area contributed by atoms with Crippen molar-refractivity contribution in [2.24, 2.45) is 0 Å². The van der Waals surface area contributed by atoms with Crippen molar-refractivity contribution in [1.29, 1.82) is 0 Å². The molecule has 0 unspecified atom stereocenters. The van der Waals surface area contributed by atoms with Crippen LogP contribution < -0.4 is 35.0 Å². The minimum atomic E-state index is -5.06. The van der Waals surface area contributed by atoms with Gasteiger partial charge in [-0.3, -0.25) is 9.63 Å². The summed E-state index contributed by atoms with van der Waals surface area (Å²) in [6, 6.07) is -2.27. The monoisotopic (exact) mass is 383 g/mol. The Balaban J connectivity index is 0.00000225. The maximum atomic E-state index is 12.2. The maximum Gasteiger partial charge on any atom is 1.00 e. The number of nitrogens with one attached hydrogen (secondary N) is 2. The van der Waals surface area contributed by atoms with Gasteiger partial charge in [-0.15, -0.1) is 0 Å². The number of aromatic nitrogens is 2. The number of fused-ring (bicyclic) bond motifs is 2. The van der Waals surface area contributed by atoms with Crippen LogP contribution in [0.25, 0.3) is 0 Å². The summed E-state index contributed by atoms with van der Waals surface area (Å²) >= 11 is 0. The normalized spacial score (nSPS) is 22.7. The fourth-order valence-electron chi connectivity index (χ4n) is 2.72. The van der Waals surface area contributed by atoms with Gasteiger partial charge < -0.3 is 14.4 Å². The second kappa shape index (κ2) is 7.99. The van der Waals surface area contributed by atoms with Crippen LogP contribution in [-0.4, -0.2) is 63.5 Å². The summed E-state index contributed by atoms with van der Waals surface area (Å²) in [5.74, 6) is -0.552. The number of aromatic amines is 1. The molecule has 3 amide bonds. The van der Waals surface area contributed by atoms with Crippen molar-refractivity contribution in [3.63, 3.8) is 0 Å². The van der Waals surface area contributed by atoms with E-state index in [1.54, 1.807) is 6.20 Å². The Hall–Kier alpha value is -1.22. The predicted octanol–water partition coefficient (Wildman–Crippen LogP) is -4.38. The van der Waals surface area contributed by atoms with Crippen LogP contribution >= 0.6 is 0 Å². The third kappa shape index (κ3) is 4.69. The zero-order valence-corrected chi connectivity index (χ0v) is 16.1. The van der Waals surface area contributed by atoms with E-state index in [4.69, 9.17) is 4.84 Å². The molecule has 2 bridgehead atoms. The minimum Gasteiger partial charge on any atom is -0.724 e. The van der Waals surface area contributed by atoms with Crippen LogP contribution in [0.3, 0.4) is 0 Å². The molecule has 1 aromatic heterocycles. The Bertz CT molecular complexity index is 727. The molecule has 2 N–H and O–H groups in total. The van der Waals surface area contributed by atoms with Crippen molar-refractivity contribution in [2.45, 2.75) is 31.5 Å². The van der Waals surface area contributed by atoms with Gasteiger partial charge in [0.25, 0.3) is 5.91 Å². The number of hydroxylamine groups is 3. The summed E-state index contributed by atoms with van der Waals surface area (Å²) in [5, 5.41) is 0.514. The Kier molecular flexibility index (Phi) is 6.42. The number of urea groups is 1. The zero-order valence-electron chi connectivity index (χ0n) is 13.2. The summed E-state index contributed by atoms with van der Waals surface area (Å²) < 4.78 is 36.2. The van der Waals surface area contributed by atoms with E-state index >= 15 is 0 Å². The second-order valence-corrected chi connectivity index (χ2v) is 6.27. The molecule has 2 atom stereocenters. The molecule has 3 rings (SSSR count). The molecule has 0 spiro atoms. The van der Waals surface area contributed by atoms with Gasteiger partial charge in [0.1, 0.15) is 12.6 Å². The number of H-pyrrole nitrogens is 1. The van der Waals surface area contributed by atoms with E-state index in [2.05, 4.69) is 19.7 Å². The number of hydrogen-bond acceptors (Lipinski definition) is 8. The van der Waals surface area contributed by atoms with Crippen LogP contribution in [0.4, 0.5) is 4.79 Å². The molecule has 0 aromatic carbocycles. The zero-order chi connectivity index (χ0) is 17.3. The molecule has 14 heteroatoms. The number of carbonyl (C=O) groups excluding carboxylic acids is 2. The Morgan fingerprint density at radius 3 is 2.88 bits per heavy atom. The number of amides is 3. The molecule has 2 aliphatic rings. The molecule has 12 nitrogen and oxygen atoms in total. The molecule has 2 aliphatic heterocycles. The summed E-state index contributed by atoms with van der Waals surface area (Å²) in [4.78, 5) is 37.1. The average Bonchev–Trinajstić information content (AvgIpc) is 3.10. The Labute approximate surface area is 165 Å². The first-order valence-electron chi connectivity index (χ1n) is 6.99. The van der Waals surface area contributed by atoms with Gasteiger partial charge in [-0.25, -0.2) is 23.7 Å². The molecule has 132 valence electrons. The summed E-state index contributed by atoms with van der Waals surface area (Å²) in [5.41, 5.74) is 2.81. The molecule has 0 radical (unpaired) electrons. The van der Waals surface area contributed by atoms with E-state index in [1.807, 2.05) is 0 Å². The standard InChI is InChI=1S/C11H15N5O7S.Na/c17-10(14-22-5-7-3-12-6-13-7)9-2-1-8-4-15(9)11(18)16(8)23-24(19,20)21;/h3,6,8-9H,1-2,4-5H2,(H,12,13)(H,14,17)(H,19,20,21);/q;+1/p-1/t8-,9+;/m1./s1. The van der Waals surface area contributed by atoms with Crippen molar-refractivity contribution in [3.8, 4) is 0 Å². The van der Waals surface area contributed by atoms with Gasteiger partial charge in [-0.2, -0.15) is 9.35 Å². The van der Waals surface area contributed by atoms with Gasteiger partial charge in [-0.05, 0) is 12.8 Å². The smallest absolute Gasteiger partial charge is 0.724 e. The Morgan fingerprint density at radius 1 is 1.48 bits per heavy atom. The molecular weight excluding hydrogens is 369 g/mol. The predicted molar refractivity (Wildman–Crippen MR) is 73.1 cm³/mol. The first kappa shape index (κ1) is 20.1. The minimum absolute atomic E-state index is 0. The first-order chi connectivity index (χ1) is 11.3. The quantitative estimate of drug-likeness (QED) is 0.216. The van der Waals surface area contributed by atoms with Crippen LogP contribution in [-0.2, 0) is 30.9 Å². The van der Waals surface area contributed by atoms with Crippen molar-refractivity contribution in [2.75, 3.05) is 6.54 Å². The fraction of sp³-hybridized carbons (Fsp3) is 0.545. The van der Waals surface area contributed by atoms with Crippen LogP contribution in [0.1, 0.15) is 18.5 Å². The van der Waals surface area contributed by atoms with Crippen LogP contribution in [0.15, 0.2) is 12.5 Å². The molecular formula is C11H14N5NaO7S. The van der Waals surface area contributed by atoms with E-state index in [0.29, 0.717) is 17.2 Å². The van der Waals surface area contributed by atoms with Gasteiger partial charge in [-0.1, -0.05) is 0 Å². The summed E-state index contributed by atoms with van der Waals surface area (Å²) in [6.45, 7) is 0.133. The molecule has 1 aromatic rings. The molecule has 2 saturated heterocycles. The number of carbonyl (C=O) groups is 2. The van der Waals surface area contributed by atoms with E-state index < -0.39 is 34.4 Å². The number of imidazole rings is 1. The fourth-order valence-corrected chi connectivity index (χ4v) is 3.10. The van der Waals surface area contributed by atoms with E-state index in [9.17, 15) is 22.6 Å². The Morgan fingerprint density at radius 2 is 2.24 bits per heavy atom. The van der Waals surface area contributed by atoms with Crippen molar-refractivity contribution in [1.82, 2.24) is 25.4 Å². The van der Waals surface area contributed by atoms with Gasteiger partial charge in [0.2, 0.25) is 10.4 Å². The van der Waals surface area contributed by atoms with Gasteiger partial charge in [0.15, 0.2) is 0 Å². The first-order valence-corrected chi connectivity index (χ1v) is 8.33. The summed E-state index contributed by atoms with van der Waals surface area (Å²) in [7, 11) is -5.06. The molecule has 0 aliphatic carbocycles. The van der Waals surface area contributed by atoms with Crippen LogP contribution in [0.5, 0.6) is 0 Å². The van der Waals surface area contributed by atoms with Crippen molar-refractivity contribution < 1.29 is 61.2 Å². The van der Waals surface area contributed by atoms with Crippen LogP contribution in [0, 0.1) is 0 Å². The molecule has 3 heterocycles. The third-order valence-electron chi connectivity index (χ3n) is 3.74. The number of nitrogens with zero attached hydrogens (tertiary/aromatic N) is 3. The number of hydrogen-bond donors (Lipinski definition) is 2. The summed E-state index contributed by atoms with van der Waals surface area (Å²) in [6.07, 6.45) is 3.66. The van der Waals surface area contributed by atoms with Crippen LogP contribution in [0.2, 0.25) is 0 Å². The largest absolute Gasteiger partial charge is 1.00 e. The molecule has 0 saturated carbocycles. The van der Waals surface area contributed by atoms with Crippen molar-refractivity contribution in [3.05, 3.63) is 18.2 Å². The number of piperidine rings is 1. The maximum absolute atomic E-state index is 12.2. The van der Waals surface area contributed by atoms with Gasteiger partial charge in [0.05, 0.1) is 18.1 Å².